The molecule has 0 bridgehead atoms. The summed E-state index contributed by atoms with van der Waals surface area (Å²) in [6, 6.07) is 0.786. The molecule has 1 aliphatic rings. The zero-order valence-electron chi connectivity index (χ0n) is 14.8. The lowest BCUT2D eigenvalue weighted by atomic mass is 9.90. The van der Waals surface area contributed by atoms with Crippen molar-refractivity contribution in [2.24, 2.45) is 11.0 Å². The second-order valence-corrected chi connectivity index (χ2v) is 6.22. The summed E-state index contributed by atoms with van der Waals surface area (Å²) in [4.78, 5) is 26.8. The second-order valence-electron chi connectivity index (χ2n) is 6.22. The van der Waals surface area contributed by atoms with Gasteiger partial charge in [-0.1, -0.05) is 18.7 Å². The highest BCUT2D eigenvalue weighted by Crippen LogP contribution is 2.18. The molecule has 0 spiro atoms. The molecule has 144 valence electrons. The number of halogens is 3. The van der Waals surface area contributed by atoms with E-state index in [1.165, 1.54) is 18.2 Å². The lowest BCUT2D eigenvalue weighted by Crippen LogP contribution is -2.36. The Morgan fingerprint density at radius 2 is 1.81 bits per heavy atom. The van der Waals surface area contributed by atoms with Crippen LogP contribution in [0.3, 0.4) is 0 Å². The second kappa shape index (κ2) is 9.27. The molecule has 1 aromatic carbocycles. The highest BCUT2D eigenvalue weighted by molar-refractivity contribution is 6.45. The minimum atomic E-state index is -1.36. The molecule has 0 aliphatic carbocycles. The average Bonchev–Trinajstić information content (AvgIpc) is 2.61. The summed E-state index contributed by atoms with van der Waals surface area (Å²) >= 11 is 0. The smallest absolute Gasteiger partial charge is 0.277 e. The molecule has 0 aromatic heterocycles. The van der Waals surface area contributed by atoms with Crippen LogP contribution in [0, 0.1) is 23.4 Å². The Bertz CT molecular complexity index is 774. The van der Waals surface area contributed by atoms with Crippen LogP contribution in [0.5, 0.6) is 0 Å². The molecule has 27 heavy (non-hydrogen) atoms. The Morgan fingerprint density at radius 3 is 2.37 bits per heavy atom. The monoisotopic (exact) mass is 379 g/mol. The number of benzene rings is 1. The van der Waals surface area contributed by atoms with Crippen LogP contribution in [0.25, 0.3) is 0 Å². The predicted molar refractivity (Wildman–Crippen MR) is 95.8 cm³/mol. The number of nitrogens with one attached hydrogen (secondary N) is 1. The normalized spacial score (nSPS) is 16.5. The van der Waals surface area contributed by atoms with Gasteiger partial charge >= 0.3 is 0 Å². The SMILES string of the molecule is C=C/C=C\C(=N/NC(=O)c1c(F)cc(F)cc1F)C(=O)C1CCN(C)CC1. The number of piperidine rings is 1. The van der Waals surface area contributed by atoms with Crippen LogP contribution in [-0.4, -0.2) is 42.4 Å². The number of ketones is 1. The number of hydrogen-bond acceptors (Lipinski definition) is 4. The van der Waals surface area contributed by atoms with E-state index in [9.17, 15) is 22.8 Å². The van der Waals surface area contributed by atoms with Crippen LogP contribution in [0.15, 0.2) is 42.0 Å². The average molecular weight is 379 g/mol. The molecule has 1 saturated heterocycles. The van der Waals surface area contributed by atoms with Crippen molar-refractivity contribution in [1.82, 2.24) is 10.3 Å². The first-order valence-electron chi connectivity index (χ1n) is 8.38. The van der Waals surface area contributed by atoms with Crippen molar-refractivity contribution >= 4 is 17.4 Å². The molecule has 0 radical (unpaired) electrons. The van der Waals surface area contributed by atoms with E-state index in [1.807, 2.05) is 12.5 Å². The number of allylic oxidation sites excluding steroid dienone is 3. The van der Waals surface area contributed by atoms with Crippen molar-refractivity contribution < 1.29 is 22.8 Å². The summed E-state index contributed by atoms with van der Waals surface area (Å²) in [5.74, 6) is -5.61. The maximum Gasteiger partial charge on any atom is 0.277 e. The summed E-state index contributed by atoms with van der Waals surface area (Å²) < 4.78 is 40.3. The molecule has 1 N–H and O–H groups in total. The van der Waals surface area contributed by atoms with Crippen molar-refractivity contribution in [3.05, 3.63) is 60.0 Å². The Kier molecular flexibility index (Phi) is 7.06. The van der Waals surface area contributed by atoms with E-state index in [4.69, 9.17) is 0 Å². The van der Waals surface area contributed by atoms with Gasteiger partial charge in [-0.05, 0) is 39.1 Å². The molecule has 1 amide bonds. The molecule has 1 fully saturated rings. The summed E-state index contributed by atoms with van der Waals surface area (Å²) in [7, 11) is 1.96. The van der Waals surface area contributed by atoms with Crippen molar-refractivity contribution in [3.63, 3.8) is 0 Å². The topological polar surface area (TPSA) is 61.8 Å². The Labute approximate surface area is 155 Å². The fourth-order valence-corrected chi connectivity index (χ4v) is 2.74. The van der Waals surface area contributed by atoms with Crippen LogP contribution in [0.1, 0.15) is 23.2 Å². The number of carbonyl (C=O) groups is 2. The van der Waals surface area contributed by atoms with Gasteiger partial charge in [0, 0.05) is 18.1 Å². The number of hydrazone groups is 1. The fourth-order valence-electron chi connectivity index (χ4n) is 2.74. The lowest BCUT2D eigenvalue weighted by Gasteiger charge is -2.27. The van der Waals surface area contributed by atoms with Gasteiger partial charge in [0.05, 0.1) is 0 Å². The maximum atomic E-state index is 13.7. The minimum Gasteiger partial charge on any atom is -0.306 e. The number of likely N-dealkylation sites (tertiary alicyclic amines) is 1. The van der Waals surface area contributed by atoms with Crippen molar-refractivity contribution in [2.75, 3.05) is 20.1 Å². The number of hydrogen-bond donors (Lipinski definition) is 1. The third-order valence-electron chi connectivity index (χ3n) is 4.24. The molecular weight excluding hydrogens is 359 g/mol. The van der Waals surface area contributed by atoms with Crippen LogP contribution < -0.4 is 5.43 Å². The van der Waals surface area contributed by atoms with Gasteiger partial charge in [-0.2, -0.15) is 5.10 Å². The minimum absolute atomic E-state index is 0.0549. The van der Waals surface area contributed by atoms with Crippen LogP contribution in [0.2, 0.25) is 0 Å². The molecule has 2 rings (SSSR count). The van der Waals surface area contributed by atoms with Gasteiger partial charge in [-0.25, -0.2) is 18.6 Å². The van der Waals surface area contributed by atoms with Gasteiger partial charge in [0.2, 0.25) is 0 Å². The quantitative estimate of drug-likeness (QED) is 0.470. The first-order valence-corrected chi connectivity index (χ1v) is 8.38. The summed E-state index contributed by atoms with van der Waals surface area (Å²) in [5, 5.41) is 3.73. The first-order chi connectivity index (χ1) is 12.8. The zero-order valence-corrected chi connectivity index (χ0v) is 14.8. The third kappa shape index (κ3) is 5.37. The van der Waals surface area contributed by atoms with Gasteiger partial charge in [-0.15, -0.1) is 0 Å². The van der Waals surface area contributed by atoms with Gasteiger partial charge in [0.15, 0.2) is 5.78 Å². The van der Waals surface area contributed by atoms with Crippen molar-refractivity contribution in [3.8, 4) is 0 Å². The Hall–Kier alpha value is -2.74. The molecule has 0 saturated carbocycles. The van der Waals surface area contributed by atoms with E-state index in [0.717, 1.165) is 13.1 Å². The van der Waals surface area contributed by atoms with Crippen molar-refractivity contribution in [1.29, 1.82) is 0 Å². The van der Waals surface area contributed by atoms with Crippen LogP contribution in [0.4, 0.5) is 13.2 Å². The number of rotatable bonds is 6. The molecule has 0 unspecified atom stereocenters. The molecular formula is C19H20F3N3O2. The Morgan fingerprint density at radius 1 is 1.22 bits per heavy atom. The molecule has 1 aliphatic heterocycles. The van der Waals surface area contributed by atoms with E-state index in [2.05, 4.69) is 16.6 Å². The van der Waals surface area contributed by atoms with Gasteiger partial charge in [0.1, 0.15) is 28.7 Å². The molecule has 1 aromatic rings. The number of carbonyl (C=O) groups excluding carboxylic acids is 2. The fraction of sp³-hybridized carbons (Fsp3) is 0.316. The van der Waals surface area contributed by atoms with E-state index in [-0.39, 0.29) is 17.4 Å². The van der Waals surface area contributed by atoms with E-state index in [1.54, 1.807) is 0 Å². The zero-order chi connectivity index (χ0) is 20.0. The highest BCUT2D eigenvalue weighted by atomic mass is 19.1. The van der Waals surface area contributed by atoms with Crippen molar-refractivity contribution in [2.45, 2.75) is 12.8 Å². The number of Topliss-reactive ketones (excluding diaryl/α,β-unsaturated/α-hetero) is 1. The van der Waals surface area contributed by atoms with Crippen LogP contribution >= 0.6 is 0 Å². The number of nitrogens with zero attached hydrogens (tertiary/aromatic N) is 2. The Balaban J connectivity index is 2.20. The third-order valence-corrected chi connectivity index (χ3v) is 4.24. The van der Waals surface area contributed by atoms with Crippen LogP contribution in [-0.2, 0) is 4.79 Å². The highest BCUT2D eigenvalue weighted by Gasteiger charge is 2.26. The lowest BCUT2D eigenvalue weighted by molar-refractivity contribution is -0.117. The summed E-state index contributed by atoms with van der Waals surface area (Å²) in [5.41, 5.74) is 0.940. The molecule has 8 heteroatoms. The largest absolute Gasteiger partial charge is 0.306 e. The molecule has 0 atom stereocenters. The van der Waals surface area contributed by atoms with E-state index in [0.29, 0.717) is 25.0 Å². The first kappa shape index (κ1) is 20.6. The van der Waals surface area contributed by atoms with E-state index < -0.39 is 28.9 Å². The standard InChI is InChI=1S/C19H20F3N3O2/c1-3-4-5-16(18(26)12-6-8-25(2)9-7-12)23-24-19(27)17-14(21)10-13(20)11-15(17)22/h3-5,10-12H,1,6-9H2,2H3,(H,24,27)/b5-4-,23-16+. The van der Waals surface area contributed by atoms with Gasteiger partial charge in [-0.3, -0.25) is 9.59 Å². The predicted octanol–water partition coefficient (Wildman–Crippen LogP) is 2.84. The maximum absolute atomic E-state index is 13.7. The molecule has 1 heterocycles. The van der Waals surface area contributed by atoms with Gasteiger partial charge < -0.3 is 4.90 Å². The molecule has 5 nitrogen and oxygen atoms in total. The summed E-state index contributed by atoms with van der Waals surface area (Å²) in [6.07, 6.45) is 5.55. The summed E-state index contributed by atoms with van der Waals surface area (Å²) in [6.45, 7) is 5.02. The number of amides is 1. The van der Waals surface area contributed by atoms with Gasteiger partial charge in [0.25, 0.3) is 5.91 Å². The van der Waals surface area contributed by atoms with E-state index >= 15 is 0 Å².